The number of thioether (sulfide) groups is 1. The number of amides is 2. The largest absolute Gasteiger partial charge is 0.495 e. The fourth-order valence-corrected chi connectivity index (χ4v) is 4.29. The Balaban J connectivity index is 1.68. The standard InChI is InChI=1S/C22H23ClN4O4S/c1-13-17(14(2)31-26-13)12-32-21-16(6-5-9-24-21)22(29)27(3)11-20(28)25-18-10-15(23)7-8-19(18)30-4/h5-10H,11-12H2,1-4H3,(H,25,28). The van der Waals surface area contributed by atoms with Crippen molar-refractivity contribution in [3.05, 3.63) is 64.1 Å². The van der Waals surface area contributed by atoms with Crippen molar-refractivity contribution in [3.63, 3.8) is 0 Å². The number of nitrogens with one attached hydrogen (secondary N) is 1. The summed E-state index contributed by atoms with van der Waals surface area (Å²) in [6.45, 7) is 3.57. The van der Waals surface area contributed by atoms with Gasteiger partial charge in [-0.15, -0.1) is 11.8 Å². The molecule has 0 radical (unpaired) electrons. The Morgan fingerprint density at radius 3 is 2.75 bits per heavy atom. The van der Waals surface area contributed by atoms with Gasteiger partial charge in [0.25, 0.3) is 5.91 Å². The number of pyridine rings is 1. The van der Waals surface area contributed by atoms with E-state index in [1.54, 1.807) is 43.6 Å². The highest BCUT2D eigenvalue weighted by Gasteiger charge is 2.20. The second kappa shape index (κ2) is 10.5. The van der Waals surface area contributed by atoms with Crippen molar-refractivity contribution in [2.45, 2.75) is 24.6 Å². The van der Waals surface area contributed by atoms with Crippen LogP contribution in [0.3, 0.4) is 0 Å². The Morgan fingerprint density at radius 1 is 1.28 bits per heavy atom. The Morgan fingerprint density at radius 2 is 2.06 bits per heavy atom. The molecule has 1 aromatic carbocycles. The van der Waals surface area contributed by atoms with Crippen LogP contribution in [0.4, 0.5) is 5.69 Å². The number of rotatable bonds is 8. The van der Waals surface area contributed by atoms with E-state index in [0.717, 1.165) is 17.0 Å². The van der Waals surface area contributed by atoms with Crippen LogP contribution in [0.1, 0.15) is 27.4 Å². The van der Waals surface area contributed by atoms with E-state index in [1.807, 2.05) is 13.8 Å². The zero-order valence-corrected chi connectivity index (χ0v) is 19.7. The number of hydrogen-bond donors (Lipinski definition) is 1. The van der Waals surface area contributed by atoms with Crippen LogP contribution in [0.5, 0.6) is 5.75 Å². The van der Waals surface area contributed by atoms with Gasteiger partial charge in [0, 0.05) is 29.6 Å². The molecule has 0 aliphatic carbocycles. The molecule has 0 saturated carbocycles. The van der Waals surface area contributed by atoms with Gasteiger partial charge in [0.15, 0.2) is 0 Å². The number of likely N-dealkylation sites (N-methyl/N-ethyl adjacent to an activating group) is 1. The molecule has 0 bridgehead atoms. The van der Waals surface area contributed by atoms with Crippen molar-refractivity contribution in [1.29, 1.82) is 0 Å². The van der Waals surface area contributed by atoms with Gasteiger partial charge < -0.3 is 19.5 Å². The average molecular weight is 475 g/mol. The molecule has 10 heteroatoms. The van der Waals surface area contributed by atoms with E-state index in [2.05, 4.69) is 15.5 Å². The molecule has 0 atom stereocenters. The summed E-state index contributed by atoms with van der Waals surface area (Å²) in [5, 5.41) is 7.71. The van der Waals surface area contributed by atoms with Crippen LogP contribution in [-0.4, -0.2) is 47.6 Å². The van der Waals surface area contributed by atoms with Crippen molar-refractivity contribution in [2.24, 2.45) is 0 Å². The molecule has 0 aliphatic heterocycles. The van der Waals surface area contributed by atoms with Crippen molar-refractivity contribution >= 4 is 40.9 Å². The van der Waals surface area contributed by atoms with E-state index in [9.17, 15) is 9.59 Å². The minimum atomic E-state index is -0.379. The number of hydrogen-bond acceptors (Lipinski definition) is 7. The molecule has 2 aromatic heterocycles. The lowest BCUT2D eigenvalue weighted by Gasteiger charge is -2.19. The van der Waals surface area contributed by atoms with Crippen LogP contribution in [0.15, 0.2) is 46.1 Å². The lowest BCUT2D eigenvalue weighted by molar-refractivity contribution is -0.116. The molecule has 168 valence electrons. The van der Waals surface area contributed by atoms with Gasteiger partial charge in [-0.3, -0.25) is 9.59 Å². The van der Waals surface area contributed by atoms with Gasteiger partial charge in [0.05, 0.1) is 30.6 Å². The molecular weight excluding hydrogens is 452 g/mol. The summed E-state index contributed by atoms with van der Waals surface area (Å²) in [5.41, 5.74) is 2.63. The van der Waals surface area contributed by atoms with Crippen LogP contribution < -0.4 is 10.1 Å². The highest BCUT2D eigenvalue weighted by molar-refractivity contribution is 7.98. The van der Waals surface area contributed by atoms with Crippen molar-refractivity contribution in [2.75, 3.05) is 26.0 Å². The highest BCUT2D eigenvalue weighted by Crippen LogP contribution is 2.29. The summed E-state index contributed by atoms with van der Waals surface area (Å²) >= 11 is 7.42. The topological polar surface area (TPSA) is 97.6 Å². The number of methoxy groups -OCH3 is 1. The smallest absolute Gasteiger partial charge is 0.256 e. The predicted octanol–water partition coefficient (Wildman–Crippen LogP) is 4.35. The third-order valence-corrected chi connectivity index (χ3v) is 5.97. The van der Waals surface area contributed by atoms with Gasteiger partial charge in [-0.1, -0.05) is 16.8 Å². The molecule has 8 nitrogen and oxygen atoms in total. The maximum absolute atomic E-state index is 13.0. The summed E-state index contributed by atoms with van der Waals surface area (Å²) in [7, 11) is 3.06. The second-order valence-corrected chi connectivity index (χ2v) is 8.40. The number of ether oxygens (including phenoxy) is 1. The van der Waals surface area contributed by atoms with Crippen molar-refractivity contribution < 1.29 is 18.8 Å². The van der Waals surface area contributed by atoms with Gasteiger partial charge in [-0.25, -0.2) is 4.98 Å². The van der Waals surface area contributed by atoms with Crippen LogP contribution >= 0.6 is 23.4 Å². The van der Waals surface area contributed by atoms with E-state index in [-0.39, 0.29) is 18.4 Å². The van der Waals surface area contributed by atoms with E-state index >= 15 is 0 Å². The number of aromatic nitrogens is 2. The Labute approximate surface area is 195 Å². The Hall–Kier alpha value is -3.04. The average Bonchev–Trinajstić information content (AvgIpc) is 3.09. The van der Waals surface area contributed by atoms with Gasteiger partial charge >= 0.3 is 0 Å². The fourth-order valence-electron chi connectivity index (χ4n) is 2.98. The predicted molar refractivity (Wildman–Crippen MR) is 123 cm³/mol. The summed E-state index contributed by atoms with van der Waals surface area (Å²) in [6.07, 6.45) is 1.63. The molecule has 32 heavy (non-hydrogen) atoms. The number of halogens is 1. The molecule has 3 aromatic rings. The number of nitrogens with zero attached hydrogens (tertiary/aromatic N) is 3. The third kappa shape index (κ3) is 5.60. The maximum atomic E-state index is 13.0. The minimum absolute atomic E-state index is 0.155. The molecule has 2 amide bonds. The van der Waals surface area contributed by atoms with E-state index < -0.39 is 0 Å². The quantitative estimate of drug-likeness (QED) is 0.484. The van der Waals surface area contributed by atoms with Gasteiger partial charge in [-0.2, -0.15) is 0 Å². The molecule has 1 N–H and O–H groups in total. The first kappa shape index (κ1) is 23.6. The van der Waals surface area contributed by atoms with Crippen LogP contribution in [-0.2, 0) is 10.5 Å². The molecule has 0 spiro atoms. The fraction of sp³-hybridized carbons (Fsp3) is 0.273. The van der Waals surface area contributed by atoms with Crippen LogP contribution in [0.25, 0.3) is 0 Å². The summed E-state index contributed by atoms with van der Waals surface area (Å²) in [6, 6.07) is 8.29. The normalized spacial score (nSPS) is 10.7. The molecule has 0 fully saturated rings. The highest BCUT2D eigenvalue weighted by atomic mass is 35.5. The van der Waals surface area contributed by atoms with Crippen LogP contribution in [0.2, 0.25) is 5.02 Å². The van der Waals surface area contributed by atoms with E-state index in [4.69, 9.17) is 20.9 Å². The van der Waals surface area contributed by atoms with Crippen molar-refractivity contribution in [3.8, 4) is 5.75 Å². The number of carbonyl (C=O) groups excluding carboxylic acids is 2. The molecular formula is C22H23ClN4O4S. The number of benzene rings is 1. The van der Waals surface area contributed by atoms with Gasteiger partial charge in [-0.05, 0) is 44.2 Å². The molecule has 0 aliphatic rings. The second-order valence-electron chi connectivity index (χ2n) is 7.00. The molecule has 3 rings (SSSR count). The lowest BCUT2D eigenvalue weighted by Crippen LogP contribution is -2.35. The first-order valence-electron chi connectivity index (χ1n) is 9.68. The summed E-state index contributed by atoms with van der Waals surface area (Å²) in [5.74, 6) is 1.09. The van der Waals surface area contributed by atoms with E-state index in [0.29, 0.717) is 32.8 Å². The number of carbonyl (C=O) groups is 2. The number of aryl methyl sites for hydroxylation is 2. The first-order valence-corrected chi connectivity index (χ1v) is 11.0. The lowest BCUT2D eigenvalue weighted by atomic mass is 10.2. The third-order valence-electron chi connectivity index (χ3n) is 4.70. The molecule has 0 unspecified atom stereocenters. The Bertz CT molecular complexity index is 1120. The molecule has 2 heterocycles. The van der Waals surface area contributed by atoms with Crippen LogP contribution in [0, 0.1) is 13.8 Å². The SMILES string of the molecule is COc1ccc(Cl)cc1NC(=O)CN(C)C(=O)c1cccnc1SCc1c(C)noc1C. The van der Waals surface area contributed by atoms with E-state index in [1.165, 1.54) is 23.8 Å². The van der Waals surface area contributed by atoms with Gasteiger partial charge in [0.1, 0.15) is 16.5 Å². The van der Waals surface area contributed by atoms with Crippen molar-refractivity contribution in [1.82, 2.24) is 15.0 Å². The maximum Gasteiger partial charge on any atom is 0.256 e. The summed E-state index contributed by atoms with van der Waals surface area (Å²) < 4.78 is 10.4. The van der Waals surface area contributed by atoms with Gasteiger partial charge in [0.2, 0.25) is 5.91 Å². The minimum Gasteiger partial charge on any atom is -0.495 e. The monoisotopic (exact) mass is 474 g/mol. The Kier molecular flexibility index (Phi) is 7.76. The molecule has 0 saturated heterocycles. The first-order chi connectivity index (χ1) is 15.3. The zero-order chi connectivity index (χ0) is 23.3. The zero-order valence-electron chi connectivity index (χ0n) is 18.1. The number of anilines is 1. The summed E-state index contributed by atoms with van der Waals surface area (Å²) in [4.78, 5) is 31.3.